The van der Waals surface area contributed by atoms with Crippen LogP contribution in [0.25, 0.3) is 0 Å². The highest BCUT2D eigenvalue weighted by molar-refractivity contribution is 5.19. The molecule has 2 nitrogen and oxygen atoms in total. The highest BCUT2D eigenvalue weighted by Gasteiger charge is 2.08. The number of aromatic nitrogens is 1. The largest absolute Gasteiger partial charge is 0.351 e. The molecule has 1 aromatic rings. The molecular formula is C10H18N2. The first kappa shape index (κ1) is 9.33. The highest BCUT2D eigenvalue weighted by Crippen LogP contribution is 2.16. The van der Waals surface area contributed by atoms with Crippen molar-refractivity contribution in [3.63, 3.8) is 0 Å². The predicted octanol–water partition coefficient (Wildman–Crippen LogP) is 1.65. The second-order valence-electron chi connectivity index (χ2n) is 3.30. The van der Waals surface area contributed by atoms with Crippen LogP contribution >= 0.6 is 0 Å². The molecular weight excluding hydrogens is 148 g/mol. The standard InChI is InChI=1S/C10H18N2/c1-4-9-5-6-10(12(9)3)8(2)7-11/h5-6,8H,4,7,11H2,1-3H3. The molecule has 0 aromatic carbocycles. The molecule has 1 aromatic heterocycles. The van der Waals surface area contributed by atoms with Crippen molar-refractivity contribution in [1.82, 2.24) is 4.57 Å². The Labute approximate surface area is 74.4 Å². The van der Waals surface area contributed by atoms with Gasteiger partial charge in [-0.25, -0.2) is 0 Å². The fourth-order valence-corrected chi connectivity index (χ4v) is 1.54. The fraction of sp³-hybridized carbons (Fsp3) is 0.600. The lowest BCUT2D eigenvalue weighted by atomic mass is 10.1. The van der Waals surface area contributed by atoms with Crippen molar-refractivity contribution in [2.75, 3.05) is 6.54 Å². The number of hydrogen-bond acceptors (Lipinski definition) is 1. The molecule has 0 bridgehead atoms. The molecule has 0 spiro atoms. The van der Waals surface area contributed by atoms with Crippen molar-refractivity contribution in [2.45, 2.75) is 26.2 Å². The van der Waals surface area contributed by atoms with E-state index in [0.717, 1.165) is 13.0 Å². The Hall–Kier alpha value is -0.760. The molecule has 0 saturated carbocycles. The van der Waals surface area contributed by atoms with Crippen molar-refractivity contribution < 1.29 is 0 Å². The molecule has 2 N–H and O–H groups in total. The smallest absolute Gasteiger partial charge is 0.0215 e. The van der Waals surface area contributed by atoms with E-state index in [4.69, 9.17) is 5.73 Å². The molecule has 1 rings (SSSR count). The Morgan fingerprint density at radius 2 is 2.17 bits per heavy atom. The van der Waals surface area contributed by atoms with Gasteiger partial charge in [0.15, 0.2) is 0 Å². The van der Waals surface area contributed by atoms with Crippen molar-refractivity contribution >= 4 is 0 Å². The van der Waals surface area contributed by atoms with Crippen LogP contribution in [0.2, 0.25) is 0 Å². The second-order valence-corrected chi connectivity index (χ2v) is 3.30. The third-order valence-corrected chi connectivity index (χ3v) is 2.49. The van der Waals surface area contributed by atoms with Gasteiger partial charge >= 0.3 is 0 Å². The van der Waals surface area contributed by atoms with E-state index in [2.05, 4.69) is 37.6 Å². The predicted molar refractivity (Wildman–Crippen MR) is 52.3 cm³/mol. The van der Waals surface area contributed by atoms with E-state index in [9.17, 15) is 0 Å². The summed E-state index contributed by atoms with van der Waals surface area (Å²) in [6, 6.07) is 4.36. The average molecular weight is 166 g/mol. The minimum absolute atomic E-state index is 0.468. The van der Waals surface area contributed by atoms with E-state index in [1.165, 1.54) is 11.4 Å². The van der Waals surface area contributed by atoms with E-state index >= 15 is 0 Å². The van der Waals surface area contributed by atoms with Crippen molar-refractivity contribution in [1.29, 1.82) is 0 Å². The number of hydrogen-bond donors (Lipinski definition) is 1. The first-order valence-electron chi connectivity index (χ1n) is 4.55. The maximum absolute atomic E-state index is 5.61. The topological polar surface area (TPSA) is 30.9 Å². The number of rotatable bonds is 3. The van der Waals surface area contributed by atoms with Gasteiger partial charge in [0.05, 0.1) is 0 Å². The molecule has 0 amide bonds. The van der Waals surface area contributed by atoms with Gasteiger partial charge < -0.3 is 10.3 Å². The second kappa shape index (κ2) is 3.76. The van der Waals surface area contributed by atoms with Gasteiger partial charge in [-0.1, -0.05) is 13.8 Å². The first-order valence-corrected chi connectivity index (χ1v) is 4.55. The fourth-order valence-electron chi connectivity index (χ4n) is 1.54. The monoisotopic (exact) mass is 166 g/mol. The van der Waals surface area contributed by atoms with Crippen LogP contribution in [0.15, 0.2) is 12.1 Å². The van der Waals surface area contributed by atoms with Crippen LogP contribution < -0.4 is 5.73 Å². The number of aryl methyl sites for hydroxylation is 1. The van der Waals surface area contributed by atoms with Gasteiger partial charge in [0.1, 0.15) is 0 Å². The zero-order valence-electron chi connectivity index (χ0n) is 8.17. The van der Waals surface area contributed by atoms with Gasteiger partial charge in [0, 0.05) is 30.9 Å². The van der Waals surface area contributed by atoms with Crippen molar-refractivity contribution in [2.24, 2.45) is 12.8 Å². The van der Waals surface area contributed by atoms with Gasteiger partial charge in [-0.05, 0) is 18.6 Å². The summed E-state index contributed by atoms with van der Waals surface area (Å²) in [5, 5.41) is 0. The van der Waals surface area contributed by atoms with Gasteiger partial charge in [0.25, 0.3) is 0 Å². The third kappa shape index (κ3) is 1.53. The van der Waals surface area contributed by atoms with Crippen LogP contribution in [0, 0.1) is 0 Å². The molecule has 0 radical (unpaired) electrons. The van der Waals surface area contributed by atoms with Crippen LogP contribution in [-0.2, 0) is 13.5 Å². The van der Waals surface area contributed by atoms with E-state index < -0.39 is 0 Å². The molecule has 0 saturated heterocycles. The molecule has 0 aliphatic heterocycles. The summed E-state index contributed by atoms with van der Waals surface area (Å²) in [4.78, 5) is 0. The maximum Gasteiger partial charge on any atom is 0.0215 e. The van der Waals surface area contributed by atoms with Crippen LogP contribution in [-0.4, -0.2) is 11.1 Å². The van der Waals surface area contributed by atoms with Gasteiger partial charge in [-0.2, -0.15) is 0 Å². The third-order valence-electron chi connectivity index (χ3n) is 2.49. The Balaban J connectivity index is 2.93. The Morgan fingerprint density at radius 3 is 2.58 bits per heavy atom. The minimum atomic E-state index is 0.468. The first-order chi connectivity index (χ1) is 5.70. The normalized spacial score (nSPS) is 13.3. The van der Waals surface area contributed by atoms with Crippen LogP contribution in [0.4, 0.5) is 0 Å². The lowest BCUT2D eigenvalue weighted by molar-refractivity contribution is 0.677. The zero-order valence-corrected chi connectivity index (χ0v) is 8.17. The zero-order chi connectivity index (χ0) is 9.14. The number of nitrogens with zero attached hydrogens (tertiary/aromatic N) is 1. The Kier molecular flexibility index (Phi) is 2.93. The highest BCUT2D eigenvalue weighted by atomic mass is 15.0. The summed E-state index contributed by atoms with van der Waals surface area (Å²) < 4.78 is 2.25. The van der Waals surface area contributed by atoms with E-state index in [1.54, 1.807) is 0 Å². The summed E-state index contributed by atoms with van der Waals surface area (Å²) in [5.74, 6) is 0.468. The SMILES string of the molecule is CCc1ccc(C(C)CN)n1C. The average Bonchev–Trinajstić information content (AvgIpc) is 2.45. The summed E-state index contributed by atoms with van der Waals surface area (Å²) in [5.41, 5.74) is 8.33. The molecule has 68 valence electrons. The minimum Gasteiger partial charge on any atom is -0.351 e. The van der Waals surface area contributed by atoms with Crippen LogP contribution in [0.5, 0.6) is 0 Å². The molecule has 1 atom stereocenters. The van der Waals surface area contributed by atoms with Crippen molar-refractivity contribution in [3.05, 3.63) is 23.5 Å². The van der Waals surface area contributed by atoms with E-state index in [1.807, 2.05) is 0 Å². The molecule has 1 heterocycles. The molecule has 0 aliphatic carbocycles. The van der Waals surface area contributed by atoms with E-state index in [-0.39, 0.29) is 0 Å². The Bertz CT molecular complexity index is 250. The van der Waals surface area contributed by atoms with Crippen LogP contribution in [0.1, 0.15) is 31.2 Å². The molecule has 12 heavy (non-hydrogen) atoms. The van der Waals surface area contributed by atoms with Crippen LogP contribution in [0.3, 0.4) is 0 Å². The van der Waals surface area contributed by atoms with Gasteiger partial charge in [-0.3, -0.25) is 0 Å². The lowest BCUT2D eigenvalue weighted by Gasteiger charge is -2.11. The molecule has 1 unspecified atom stereocenters. The van der Waals surface area contributed by atoms with Gasteiger partial charge in [0.2, 0.25) is 0 Å². The molecule has 0 fully saturated rings. The Morgan fingerprint density at radius 1 is 1.50 bits per heavy atom. The van der Waals surface area contributed by atoms with Gasteiger partial charge in [-0.15, -0.1) is 0 Å². The molecule has 0 aliphatic rings. The maximum atomic E-state index is 5.61. The summed E-state index contributed by atoms with van der Waals surface area (Å²) in [6.45, 7) is 5.06. The summed E-state index contributed by atoms with van der Waals surface area (Å²) in [6.07, 6.45) is 1.09. The van der Waals surface area contributed by atoms with E-state index in [0.29, 0.717) is 5.92 Å². The van der Waals surface area contributed by atoms with Crippen molar-refractivity contribution in [3.8, 4) is 0 Å². The summed E-state index contributed by atoms with van der Waals surface area (Å²) in [7, 11) is 2.11. The quantitative estimate of drug-likeness (QED) is 0.727. The molecule has 2 heteroatoms. The lowest BCUT2D eigenvalue weighted by Crippen LogP contribution is -2.12. The summed E-state index contributed by atoms with van der Waals surface area (Å²) >= 11 is 0. The number of nitrogens with two attached hydrogens (primary N) is 1.